The molecule has 0 bridgehead atoms. The molecular weight excluding hydrogens is 354 g/mol. The molecule has 0 fully saturated rings. The predicted molar refractivity (Wildman–Crippen MR) is 90.4 cm³/mol. The van der Waals surface area contributed by atoms with Crippen molar-refractivity contribution in [3.05, 3.63) is 51.5 Å². The second kappa shape index (κ2) is 7.57. The first-order chi connectivity index (χ1) is 10.1. The topological polar surface area (TPSA) is 41.5 Å². The van der Waals surface area contributed by atoms with E-state index in [1.54, 1.807) is 18.2 Å². The van der Waals surface area contributed by atoms with E-state index in [9.17, 15) is 5.11 Å². The van der Waals surface area contributed by atoms with Crippen LogP contribution < -0.4 is 10.1 Å². The molecule has 21 heavy (non-hydrogen) atoms. The second-order valence-corrected chi connectivity index (χ2v) is 5.97. The molecule has 0 aromatic heterocycles. The average Bonchev–Trinajstić information content (AvgIpc) is 2.47. The number of phenols is 1. The number of hydrogen-bond donors (Lipinski definition) is 2. The third-order valence-corrected chi connectivity index (χ3v) is 3.64. The molecule has 3 nitrogen and oxygen atoms in total. The number of phenolic OH excluding ortho intramolecular Hbond substituents is 1. The molecule has 0 aliphatic rings. The summed E-state index contributed by atoms with van der Waals surface area (Å²) in [4.78, 5) is 0. The summed E-state index contributed by atoms with van der Waals surface area (Å²) in [7, 11) is 0. The zero-order valence-corrected chi connectivity index (χ0v) is 14.0. The molecule has 2 aromatic carbocycles. The molecular formula is C16H17BrClNO2. The lowest BCUT2D eigenvalue weighted by molar-refractivity contribution is 0.319. The molecule has 0 unspecified atom stereocenters. The van der Waals surface area contributed by atoms with Crippen molar-refractivity contribution >= 4 is 33.2 Å². The number of halogens is 2. The molecule has 0 atom stereocenters. The molecule has 2 rings (SSSR count). The molecule has 112 valence electrons. The Bertz CT molecular complexity index is 619. The van der Waals surface area contributed by atoms with Crippen LogP contribution in [0.3, 0.4) is 0 Å². The maximum Gasteiger partial charge on any atom is 0.142 e. The molecule has 0 heterocycles. The van der Waals surface area contributed by atoms with Gasteiger partial charge in [0.1, 0.15) is 11.5 Å². The van der Waals surface area contributed by atoms with Crippen LogP contribution in [0.25, 0.3) is 0 Å². The number of benzene rings is 2. The molecule has 0 saturated carbocycles. The van der Waals surface area contributed by atoms with Gasteiger partial charge in [0.05, 0.1) is 12.3 Å². The van der Waals surface area contributed by atoms with Gasteiger partial charge in [0, 0.05) is 21.6 Å². The van der Waals surface area contributed by atoms with Crippen LogP contribution >= 0.6 is 27.5 Å². The molecule has 0 amide bonds. The van der Waals surface area contributed by atoms with E-state index >= 15 is 0 Å². The normalized spacial score (nSPS) is 10.4. The van der Waals surface area contributed by atoms with Crippen LogP contribution in [-0.2, 0) is 6.54 Å². The third kappa shape index (κ3) is 4.55. The fourth-order valence-corrected chi connectivity index (χ4v) is 2.44. The van der Waals surface area contributed by atoms with Crippen molar-refractivity contribution in [1.29, 1.82) is 0 Å². The summed E-state index contributed by atoms with van der Waals surface area (Å²) in [5, 5.41) is 13.8. The minimum atomic E-state index is 0.253. The van der Waals surface area contributed by atoms with Gasteiger partial charge in [-0.2, -0.15) is 0 Å². The molecule has 2 N–H and O–H groups in total. The fourth-order valence-electron chi connectivity index (χ4n) is 1.86. The number of anilines is 1. The summed E-state index contributed by atoms with van der Waals surface area (Å²) in [5.74, 6) is 1.01. The van der Waals surface area contributed by atoms with Crippen molar-refractivity contribution in [3.63, 3.8) is 0 Å². The van der Waals surface area contributed by atoms with Gasteiger partial charge in [-0.3, -0.25) is 0 Å². The summed E-state index contributed by atoms with van der Waals surface area (Å²) in [5.41, 5.74) is 1.61. The van der Waals surface area contributed by atoms with Gasteiger partial charge < -0.3 is 15.2 Å². The van der Waals surface area contributed by atoms with E-state index in [1.165, 1.54) is 0 Å². The first-order valence-electron chi connectivity index (χ1n) is 6.73. The Morgan fingerprint density at radius 2 is 2.05 bits per heavy atom. The molecule has 0 aliphatic heterocycles. The Morgan fingerprint density at radius 3 is 2.81 bits per heavy atom. The van der Waals surface area contributed by atoms with Crippen molar-refractivity contribution in [3.8, 4) is 11.5 Å². The minimum absolute atomic E-state index is 0.253. The van der Waals surface area contributed by atoms with Crippen molar-refractivity contribution in [1.82, 2.24) is 0 Å². The van der Waals surface area contributed by atoms with Crippen LogP contribution in [0.2, 0.25) is 5.02 Å². The SMILES string of the molecule is CCCOc1ccc(Cl)cc1NCc1cc(Br)ccc1O. The van der Waals surface area contributed by atoms with Crippen LogP contribution in [0.15, 0.2) is 40.9 Å². The Balaban J connectivity index is 2.14. The predicted octanol–water partition coefficient (Wildman–Crippen LogP) is 5.21. The highest BCUT2D eigenvalue weighted by Gasteiger charge is 2.07. The van der Waals surface area contributed by atoms with Crippen LogP contribution in [0, 0.1) is 0 Å². The minimum Gasteiger partial charge on any atom is -0.508 e. The summed E-state index contributed by atoms with van der Waals surface area (Å²) in [6.07, 6.45) is 0.939. The second-order valence-electron chi connectivity index (χ2n) is 4.62. The van der Waals surface area contributed by atoms with Gasteiger partial charge in [0.15, 0.2) is 0 Å². The molecule has 0 radical (unpaired) electrons. The first-order valence-corrected chi connectivity index (χ1v) is 7.91. The maximum atomic E-state index is 9.86. The highest BCUT2D eigenvalue weighted by molar-refractivity contribution is 9.10. The van der Waals surface area contributed by atoms with Gasteiger partial charge in [-0.05, 0) is 42.8 Å². The zero-order valence-electron chi connectivity index (χ0n) is 11.7. The Hall–Kier alpha value is -1.39. The summed E-state index contributed by atoms with van der Waals surface area (Å²) in [6.45, 7) is 3.19. The molecule has 5 heteroatoms. The Labute approximate surface area is 138 Å². The van der Waals surface area contributed by atoms with E-state index < -0.39 is 0 Å². The average molecular weight is 371 g/mol. The van der Waals surface area contributed by atoms with Gasteiger partial charge in [-0.1, -0.05) is 34.5 Å². The summed E-state index contributed by atoms with van der Waals surface area (Å²) >= 11 is 9.43. The summed E-state index contributed by atoms with van der Waals surface area (Å²) in [6, 6.07) is 10.8. The van der Waals surface area contributed by atoms with E-state index in [-0.39, 0.29) is 5.75 Å². The largest absolute Gasteiger partial charge is 0.508 e. The molecule has 0 saturated heterocycles. The van der Waals surface area contributed by atoms with Gasteiger partial charge in [0.25, 0.3) is 0 Å². The monoisotopic (exact) mass is 369 g/mol. The highest BCUT2D eigenvalue weighted by Crippen LogP contribution is 2.30. The Morgan fingerprint density at radius 1 is 1.24 bits per heavy atom. The first kappa shape index (κ1) is 16.0. The van der Waals surface area contributed by atoms with Crippen LogP contribution in [-0.4, -0.2) is 11.7 Å². The van der Waals surface area contributed by atoms with E-state index in [0.717, 1.165) is 27.9 Å². The lowest BCUT2D eigenvalue weighted by Gasteiger charge is -2.14. The quantitative estimate of drug-likeness (QED) is 0.733. The zero-order chi connectivity index (χ0) is 15.2. The van der Waals surface area contributed by atoms with Crippen LogP contribution in [0.4, 0.5) is 5.69 Å². The lowest BCUT2D eigenvalue weighted by Crippen LogP contribution is -2.04. The number of ether oxygens (including phenoxy) is 1. The highest BCUT2D eigenvalue weighted by atomic mass is 79.9. The van der Waals surface area contributed by atoms with Crippen molar-refractivity contribution in [2.24, 2.45) is 0 Å². The number of nitrogens with one attached hydrogen (secondary N) is 1. The van der Waals surface area contributed by atoms with E-state index in [4.69, 9.17) is 16.3 Å². The van der Waals surface area contributed by atoms with Crippen molar-refractivity contribution in [2.45, 2.75) is 19.9 Å². The van der Waals surface area contributed by atoms with E-state index in [0.29, 0.717) is 18.2 Å². The van der Waals surface area contributed by atoms with Crippen molar-refractivity contribution < 1.29 is 9.84 Å². The fraction of sp³-hybridized carbons (Fsp3) is 0.250. The molecule has 0 spiro atoms. The molecule has 2 aromatic rings. The van der Waals surface area contributed by atoms with E-state index in [1.807, 2.05) is 18.2 Å². The standard InChI is InChI=1S/C16H17BrClNO2/c1-2-7-21-16-6-4-13(18)9-14(16)19-10-11-8-12(17)3-5-15(11)20/h3-6,8-9,19-20H,2,7,10H2,1H3. The maximum absolute atomic E-state index is 9.86. The molecule has 0 aliphatic carbocycles. The smallest absolute Gasteiger partial charge is 0.142 e. The van der Waals surface area contributed by atoms with Gasteiger partial charge in [-0.15, -0.1) is 0 Å². The lowest BCUT2D eigenvalue weighted by atomic mass is 10.2. The van der Waals surface area contributed by atoms with E-state index in [2.05, 4.69) is 28.2 Å². The Kier molecular flexibility index (Phi) is 5.76. The van der Waals surface area contributed by atoms with Crippen molar-refractivity contribution in [2.75, 3.05) is 11.9 Å². The van der Waals surface area contributed by atoms with Gasteiger partial charge in [-0.25, -0.2) is 0 Å². The number of aromatic hydroxyl groups is 1. The third-order valence-electron chi connectivity index (χ3n) is 2.91. The van der Waals surface area contributed by atoms with Crippen LogP contribution in [0.5, 0.6) is 11.5 Å². The number of hydrogen-bond acceptors (Lipinski definition) is 3. The van der Waals surface area contributed by atoms with Crippen LogP contribution in [0.1, 0.15) is 18.9 Å². The summed E-state index contributed by atoms with van der Waals surface area (Å²) < 4.78 is 6.61. The van der Waals surface area contributed by atoms with Gasteiger partial charge in [0.2, 0.25) is 0 Å². The van der Waals surface area contributed by atoms with Gasteiger partial charge >= 0.3 is 0 Å². The number of rotatable bonds is 6.